The van der Waals surface area contributed by atoms with Crippen molar-refractivity contribution in [2.75, 3.05) is 33.3 Å². The SMILES string of the molecule is COc1cc(C)c2[nH]cc(CN3CCCNCC3)c2c1. The molecule has 1 aliphatic heterocycles. The number of aromatic nitrogens is 1. The van der Waals surface area contributed by atoms with Crippen LogP contribution in [-0.4, -0.2) is 43.2 Å². The van der Waals surface area contributed by atoms with Crippen molar-refractivity contribution in [3.8, 4) is 5.75 Å². The lowest BCUT2D eigenvalue weighted by Gasteiger charge is -2.19. The third-order valence-electron chi connectivity index (χ3n) is 4.11. The van der Waals surface area contributed by atoms with Crippen LogP contribution in [0.4, 0.5) is 0 Å². The summed E-state index contributed by atoms with van der Waals surface area (Å²) in [5.74, 6) is 0.938. The van der Waals surface area contributed by atoms with Gasteiger partial charge in [-0.3, -0.25) is 4.90 Å². The number of aromatic amines is 1. The molecule has 20 heavy (non-hydrogen) atoms. The average molecular weight is 273 g/mol. The van der Waals surface area contributed by atoms with E-state index in [1.807, 2.05) is 0 Å². The van der Waals surface area contributed by atoms with Crippen molar-refractivity contribution in [1.29, 1.82) is 0 Å². The molecule has 1 saturated heterocycles. The Labute approximate surface area is 120 Å². The van der Waals surface area contributed by atoms with Crippen LogP contribution in [0.5, 0.6) is 5.75 Å². The van der Waals surface area contributed by atoms with Gasteiger partial charge in [0.25, 0.3) is 0 Å². The highest BCUT2D eigenvalue weighted by atomic mass is 16.5. The lowest BCUT2D eigenvalue weighted by Crippen LogP contribution is -2.27. The molecule has 108 valence electrons. The summed E-state index contributed by atoms with van der Waals surface area (Å²) in [6, 6.07) is 4.22. The molecule has 1 aliphatic rings. The number of ether oxygens (including phenoxy) is 1. The van der Waals surface area contributed by atoms with Gasteiger partial charge in [-0.15, -0.1) is 0 Å². The molecule has 0 bridgehead atoms. The van der Waals surface area contributed by atoms with Crippen LogP contribution < -0.4 is 10.1 Å². The Morgan fingerprint density at radius 1 is 1.25 bits per heavy atom. The van der Waals surface area contributed by atoms with Gasteiger partial charge in [-0.2, -0.15) is 0 Å². The summed E-state index contributed by atoms with van der Waals surface area (Å²) < 4.78 is 5.40. The van der Waals surface area contributed by atoms with Crippen LogP contribution in [0.2, 0.25) is 0 Å². The van der Waals surface area contributed by atoms with Crippen LogP contribution in [0.25, 0.3) is 10.9 Å². The zero-order valence-corrected chi connectivity index (χ0v) is 12.3. The highest BCUT2D eigenvalue weighted by molar-refractivity contribution is 5.87. The van der Waals surface area contributed by atoms with Crippen LogP contribution in [0.1, 0.15) is 17.5 Å². The fraction of sp³-hybridized carbons (Fsp3) is 0.500. The van der Waals surface area contributed by atoms with Crippen molar-refractivity contribution in [1.82, 2.24) is 15.2 Å². The number of aryl methyl sites for hydroxylation is 1. The number of fused-ring (bicyclic) bond motifs is 1. The topological polar surface area (TPSA) is 40.3 Å². The first kappa shape index (κ1) is 13.5. The Morgan fingerprint density at radius 2 is 2.15 bits per heavy atom. The van der Waals surface area contributed by atoms with E-state index in [1.54, 1.807) is 7.11 Å². The minimum absolute atomic E-state index is 0.938. The first-order valence-electron chi connectivity index (χ1n) is 7.35. The summed E-state index contributed by atoms with van der Waals surface area (Å²) in [7, 11) is 1.73. The third-order valence-corrected chi connectivity index (χ3v) is 4.11. The van der Waals surface area contributed by atoms with E-state index in [4.69, 9.17) is 4.74 Å². The minimum atomic E-state index is 0.938. The van der Waals surface area contributed by atoms with Crippen molar-refractivity contribution >= 4 is 10.9 Å². The highest BCUT2D eigenvalue weighted by Gasteiger charge is 2.13. The van der Waals surface area contributed by atoms with Crippen LogP contribution >= 0.6 is 0 Å². The lowest BCUT2D eigenvalue weighted by molar-refractivity contribution is 0.285. The monoisotopic (exact) mass is 273 g/mol. The summed E-state index contributed by atoms with van der Waals surface area (Å²) in [4.78, 5) is 5.94. The van der Waals surface area contributed by atoms with E-state index in [9.17, 15) is 0 Å². The van der Waals surface area contributed by atoms with Gasteiger partial charge >= 0.3 is 0 Å². The van der Waals surface area contributed by atoms with Gasteiger partial charge in [0.1, 0.15) is 5.75 Å². The summed E-state index contributed by atoms with van der Waals surface area (Å²) in [6.45, 7) is 7.65. The fourth-order valence-electron chi connectivity index (χ4n) is 2.99. The third kappa shape index (κ3) is 2.67. The van der Waals surface area contributed by atoms with E-state index >= 15 is 0 Å². The number of methoxy groups -OCH3 is 1. The van der Waals surface area contributed by atoms with Crippen LogP contribution in [0.3, 0.4) is 0 Å². The summed E-state index contributed by atoms with van der Waals surface area (Å²) in [5, 5.41) is 4.74. The predicted octanol–water partition coefficient (Wildman–Crippen LogP) is 2.28. The van der Waals surface area contributed by atoms with Gasteiger partial charge in [-0.05, 0) is 49.7 Å². The molecule has 4 heteroatoms. The molecule has 0 amide bonds. The molecule has 0 radical (unpaired) electrons. The maximum Gasteiger partial charge on any atom is 0.119 e. The summed E-state index contributed by atoms with van der Waals surface area (Å²) >= 11 is 0. The number of nitrogens with one attached hydrogen (secondary N) is 2. The number of hydrogen-bond acceptors (Lipinski definition) is 3. The van der Waals surface area contributed by atoms with Gasteiger partial charge in [0.2, 0.25) is 0 Å². The molecule has 1 aromatic carbocycles. The van der Waals surface area contributed by atoms with E-state index in [0.717, 1.165) is 31.9 Å². The molecule has 2 aromatic rings. The van der Waals surface area contributed by atoms with Gasteiger partial charge in [0.15, 0.2) is 0 Å². The molecular weight excluding hydrogens is 250 g/mol. The second-order valence-electron chi connectivity index (χ2n) is 5.56. The molecule has 0 atom stereocenters. The standard InChI is InChI=1S/C16H23N3O/c1-12-8-14(20-2)9-15-13(10-18-16(12)15)11-19-6-3-4-17-5-7-19/h8-10,17-18H,3-7,11H2,1-2H3. The smallest absolute Gasteiger partial charge is 0.119 e. The van der Waals surface area contributed by atoms with E-state index < -0.39 is 0 Å². The van der Waals surface area contributed by atoms with Gasteiger partial charge in [0.05, 0.1) is 7.11 Å². The zero-order chi connectivity index (χ0) is 13.9. The first-order valence-corrected chi connectivity index (χ1v) is 7.35. The average Bonchev–Trinajstić information content (AvgIpc) is 2.68. The number of nitrogens with zero attached hydrogens (tertiary/aromatic N) is 1. The minimum Gasteiger partial charge on any atom is -0.497 e. The van der Waals surface area contributed by atoms with E-state index in [0.29, 0.717) is 0 Å². The molecule has 0 spiro atoms. The molecule has 4 nitrogen and oxygen atoms in total. The van der Waals surface area contributed by atoms with Crippen LogP contribution in [-0.2, 0) is 6.54 Å². The second-order valence-corrected chi connectivity index (χ2v) is 5.56. The summed E-state index contributed by atoms with van der Waals surface area (Å²) in [6.07, 6.45) is 3.38. The summed E-state index contributed by atoms with van der Waals surface area (Å²) in [5.41, 5.74) is 3.83. The Hall–Kier alpha value is -1.52. The van der Waals surface area contributed by atoms with E-state index in [2.05, 4.69) is 40.5 Å². The van der Waals surface area contributed by atoms with Crippen molar-refractivity contribution in [3.63, 3.8) is 0 Å². The lowest BCUT2D eigenvalue weighted by atomic mass is 10.1. The van der Waals surface area contributed by atoms with Gasteiger partial charge in [-0.25, -0.2) is 0 Å². The zero-order valence-electron chi connectivity index (χ0n) is 12.3. The molecule has 3 rings (SSSR count). The van der Waals surface area contributed by atoms with Crippen molar-refractivity contribution in [2.24, 2.45) is 0 Å². The number of hydrogen-bond donors (Lipinski definition) is 2. The Balaban J connectivity index is 1.89. The molecule has 1 fully saturated rings. The first-order chi connectivity index (χ1) is 9.78. The normalized spacial score (nSPS) is 17.3. The molecule has 0 saturated carbocycles. The van der Waals surface area contributed by atoms with Gasteiger partial charge < -0.3 is 15.0 Å². The Kier molecular flexibility index (Phi) is 3.94. The molecular formula is C16H23N3O. The van der Waals surface area contributed by atoms with Crippen LogP contribution in [0, 0.1) is 6.92 Å². The molecule has 0 aliphatic carbocycles. The maximum absolute atomic E-state index is 5.40. The predicted molar refractivity (Wildman–Crippen MR) is 82.4 cm³/mol. The van der Waals surface area contributed by atoms with Crippen molar-refractivity contribution in [2.45, 2.75) is 19.9 Å². The van der Waals surface area contributed by atoms with Crippen molar-refractivity contribution in [3.05, 3.63) is 29.5 Å². The molecule has 1 aromatic heterocycles. The Morgan fingerprint density at radius 3 is 3.00 bits per heavy atom. The highest BCUT2D eigenvalue weighted by Crippen LogP contribution is 2.27. The molecule has 2 heterocycles. The number of benzene rings is 1. The molecule has 0 unspecified atom stereocenters. The van der Waals surface area contributed by atoms with Crippen LogP contribution in [0.15, 0.2) is 18.3 Å². The second kappa shape index (κ2) is 5.85. The fourth-order valence-corrected chi connectivity index (χ4v) is 2.99. The largest absolute Gasteiger partial charge is 0.497 e. The molecule has 2 N–H and O–H groups in total. The van der Waals surface area contributed by atoms with Crippen molar-refractivity contribution < 1.29 is 4.74 Å². The Bertz CT molecular complexity index is 583. The van der Waals surface area contributed by atoms with E-state index in [1.165, 1.54) is 35.0 Å². The van der Waals surface area contributed by atoms with Gasteiger partial charge in [0, 0.05) is 36.7 Å². The number of H-pyrrole nitrogens is 1. The number of rotatable bonds is 3. The quantitative estimate of drug-likeness (QED) is 0.901. The van der Waals surface area contributed by atoms with E-state index in [-0.39, 0.29) is 0 Å². The maximum atomic E-state index is 5.40. The van der Waals surface area contributed by atoms with Gasteiger partial charge in [-0.1, -0.05) is 0 Å².